The minimum atomic E-state index is -1.45. The van der Waals surface area contributed by atoms with Crippen LogP contribution < -0.4 is 5.32 Å². The van der Waals surface area contributed by atoms with Crippen LogP contribution in [0.4, 0.5) is 4.79 Å². The van der Waals surface area contributed by atoms with Crippen LogP contribution in [-0.4, -0.2) is 25.3 Å². The number of hydrogen-bond donors (Lipinski definition) is 1. The smallest absolute Gasteiger partial charge is 0.408 e. The standard InChI is InChI=1S/C11H12N4O4/c1-18-10(16)9(14-15-12)13-11(17)19-7-8-5-3-2-4-6-8/h2-6,9H,7H2,1H3,(H,13,17)/t9-/m0/s1. The Labute approximate surface area is 108 Å². The van der Waals surface area contributed by atoms with Gasteiger partial charge in [-0.2, -0.15) is 0 Å². The van der Waals surface area contributed by atoms with Gasteiger partial charge in [-0.25, -0.2) is 9.59 Å². The number of carbonyl (C=O) groups is 2. The first-order valence-corrected chi connectivity index (χ1v) is 5.26. The number of alkyl carbamates (subject to hydrolysis) is 1. The largest absolute Gasteiger partial charge is 0.467 e. The van der Waals surface area contributed by atoms with Gasteiger partial charge >= 0.3 is 12.1 Å². The highest BCUT2D eigenvalue weighted by molar-refractivity contribution is 5.80. The van der Waals surface area contributed by atoms with Gasteiger partial charge in [0.05, 0.1) is 7.11 Å². The zero-order valence-electron chi connectivity index (χ0n) is 10.1. The molecule has 100 valence electrons. The molecule has 0 fully saturated rings. The zero-order valence-corrected chi connectivity index (χ0v) is 10.1. The van der Waals surface area contributed by atoms with Crippen LogP contribution in [0.5, 0.6) is 0 Å². The minimum absolute atomic E-state index is 0.0385. The summed E-state index contributed by atoms with van der Waals surface area (Å²) in [5.41, 5.74) is 9.05. The number of azide groups is 1. The number of methoxy groups -OCH3 is 1. The Morgan fingerprint density at radius 1 is 1.42 bits per heavy atom. The third-order valence-electron chi connectivity index (χ3n) is 2.06. The fraction of sp³-hybridized carbons (Fsp3) is 0.273. The topological polar surface area (TPSA) is 113 Å². The van der Waals surface area contributed by atoms with E-state index in [9.17, 15) is 9.59 Å². The van der Waals surface area contributed by atoms with Crippen molar-refractivity contribution in [3.8, 4) is 0 Å². The predicted octanol–water partition coefficient (Wildman–Crippen LogP) is 1.72. The fourth-order valence-corrected chi connectivity index (χ4v) is 1.17. The molecular formula is C11H12N4O4. The summed E-state index contributed by atoms with van der Waals surface area (Å²) in [4.78, 5) is 25.0. The number of benzene rings is 1. The number of carbonyl (C=O) groups excluding carboxylic acids is 2. The zero-order chi connectivity index (χ0) is 14.1. The first-order valence-electron chi connectivity index (χ1n) is 5.26. The van der Waals surface area contributed by atoms with Gasteiger partial charge in [-0.15, -0.1) is 0 Å². The summed E-state index contributed by atoms with van der Waals surface area (Å²) in [6.45, 7) is 0.0385. The molecule has 0 spiro atoms. The van der Waals surface area contributed by atoms with Crippen LogP contribution in [-0.2, 0) is 20.9 Å². The van der Waals surface area contributed by atoms with Gasteiger partial charge in [0, 0.05) is 4.91 Å². The number of ether oxygens (including phenoxy) is 2. The molecule has 0 radical (unpaired) electrons. The molecule has 8 nitrogen and oxygen atoms in total. The summed E-state index contributed by atoms with van der Waals surface area (Å²) in [5.74, 6) is -0.880. The highest BCUT2D eigenvalue weighted by Crippen LogP contribution is 2.01. The molecule has 0 bridgehead atoms. The van der Waals surface area contributed by atoms with Crippen molar-refractivity contribution in [3.63, 3.8) is 0 Å². The van der Waals surface area contributed by atoms with Gasteiger partial charge in [-0.3, -0.25) is 0 Å². The highest BCUT2D eigenvalue weighted by Gasteiger charge is 2.20. The third-order valence-corrected chi connectivity index (χ3v) is 2.06. The first-order chi connectivity index (χ1) is 9.17. The van der Waals surface area contributed by atoms with Crippen molar-refractivity contribution < 1.29 is 19.1 Å². The lowest BCUT2D eigenvalue weighted by Gasteiger charge is -2.11. The molecular weight excluding hydrogens is 252 g/mol. The second-order valence-electron chi connectivity index (χ2n) is 3.34. The Morgan fingerprint density at radius 2 is 2.11 bits per heavy atom. The predicted molar refractivity (Wildman–Crippen MR) is 64.7 cm³/mol. The number of esters is 1. The van der Waals surface area contributed by atoms with Gasteiger partial charge in [0.1, 0.15) is 6.61 Å². The summed E-state index contributed by atoms with van der Waals surface area (Å²) in [7, 11) is 1.11. The number of rotatable bonds is 5. The monoisotopic (exact) mass is 264 g/mol. The van der Waals surface area contributed by atoms with E-state index < -0.39 is 18.2 Å². The van der Waals surface area contributed by atoms with Crippen LogP contribution in [0.25, 0.3) is 10.4 Å². The minimum Gasteiger partial charge on any atom is -0.467 e. The lowest BCUT2D eigenvalue weighted by Crippen LogP contribution is -2.40. The van der Waals surface area contributed by atoms with Crippen LogP contribution in [0, 0.1) is 0 Å². The second kappa shape index (κ2) is 7.57. The van der Waals surface area contributed by atoms with E-state index in [0.29, 0.717) is 0 Å². The Hall–Kier alpha value is -2.73. The molecule has 0 saturated carbocycles. The molecule has 0 heterocycles. The van der Waals surface area contributed by atoms with Crippen molar-refractivity contribution in [3.05, 3.63) is 46.3 Å². The molecule has 1 aromatic rings. The quantitative estimate of drug-likeness (QED) is 0.377. The summed E-state index contributed by atoms with van der Waals surface area (Å²) >= 11 is 0. The molecule has 0 aromatic heterocycles. The van der Waals surface area contributed by atoms with Crippen LogP contribution in [0.15, 0.2) is 35.4 Å². The van der Waals surface area contributed by atoms with E-state index in [-0.39, 0.29) is 6.61 Å². The van der Waals surface area contributed by atoms with E-state index in [0.717, 1.165) is 12.7 Å². The van der Waals surface area contributed by atoms with Crippen molar-refractivity contribution in [1.82, 2.24) is 5.32 Å². The van der Waals surface area contributed by atoms with Gasteiger partial charge in [0.25, 0.3) is 0 Å². The van der Waals surface area contributed by atoms with E-state index in [1.165, 1.54) is 0 Å². The molecule has 1 rings (SSSR count). The van der Waals surface area contributed by atoms with E-state index in [1.807, 2.05) is 6.07 Å². The van der Waals surface area contributed by atoms with Gasteiger partial charge in [0.15, 0.2) is 0 Å². The molecule has 0 aliphatic heterocycles. The van der Waals surface area contributed by atoms with Crippen LogP contribution in [0.2, 0.25) is 0 Å². The number of hydrogen-bond acceptors (Lipinski definition) is 5. The third kappa shape index (κ3) is 4.97. The van der Waals surface area contributed by atoms with Gasteiger partial charge in [-0.05, 0) is 11.1 Å². The summed E-state index contributed by atoms with van der Waals surface area (Å²) in [6, 6.07) is 8.98. The maximum absolute atomic E-state index is 11.4. The SMILES string of the molecule is COC(=O)[C@H](N=[N+]=[N-])NC(=O)OCc1ccccc1. The molecule has 0 aliphatic rings. The van der Waals surface area contributed by atoms with Crippen LogP contribution in [0.1, 0.15) is 5.56 Å². The normalized spacial score (nSPS) is 10.8. The van der Waals surface area contributed by atoms with Gasteiger partial charge in [0.2, 0.25) is 6.17 Å². The van der Waals surface area contributed by atoms with Crippen LogP contribution >= 0.6 is 0 Å². The second-order valence-corrected chi connectivity index (χ2v) is 3.34. The van der Waals surface area contributed by atoms with Crippen molar-refractivity contribution in [2.24, 2.45) is 5.11 Å². The number of nitrogens with one attached hydrogen (secondary N) is 1. The number of amides is 1. The number of nitrogens with zero attached hydrogens (tertiary/aromatic N) is 3. The summed E-state index contributed by atoms with van der Waals surface area (Å²) in [5, 5.41) is 5.17. The Kier molecular flexibility index (Phi) is 5.71. The Balaban J connectivity index is 2.49. The van der Waals surface area contributed by atoms with Crippen LogP contribution in [0.3, 0.4) is 0 Å². The van der Waals surface area contributed by atoms with Crippen molar-refractivity contribution in [2.75, 3.05) is 7.11 Å². The Bertz CT molecular complexity index is 485. The molecule has 0 aliphatic carbocycles. The molecule has 1 atom stereocenters. The molecule has 0 saturated heterocycles. The molecule has 8 heteroatoms. The average molecular weight is 264 g/mol. The molecule has 19 heavy (non-hydrogen) atoms. The first kappa shape index (κ1) is 14.3. The fourth-order valence-electron chi connectivity index (χ4n) is 1.17. The Morgan fingerprint density at radius 3 is 2.68 bits per heavy atom. The van der Waals surface area contributed by atoms with Crippen molar-refractivity contribution in [1.29, 1.82) is 0 Å². The summed E-state index contributed by atoms with van der Waals surface area (Å²) < 4.78 is 9.21. The maximum Gasteiger partial charge on any atom is 0.408 e. The summed E-state index contributed by atoms with van der Waals surface area (Å²) in [6.07, 6.45) is -2.33. The van der Waals surface area contributed by atoms with Crippen molar-refractivity contribution >= 4 is 12.1 Å². The molecule has 0 unspecified atom stereocenters. The highest BCUT2D eigenvalue weighted by atomic mass is 16.6. The van der Waals surface area contributed by atoms with Gasteiger partial charge in [-0.1, -0.05) is 35.4 Å². The lowest BCUT2D eigenvalue weighted by atomic mass is 10.2. The van der Waals surface area contributed by atoms with Crippen molar-refractivity contribution in [2.45, 2.75) is 12.8 Å². The molecule has 1 N–H and O–H groups in total. The van der Waals surface area contributed by atoms with Gasteiger partial charge < -0.3 is 14.8 Å². The van der Waals surface area contributed by atoms with E-state index in [2.05, 4.69) is 20.1 Å². The van der Waals surface area contributed by atoms with E-state index >= 15 is 0 Å². The lowest BCUT2D eigenvalue weighted by molar-refractivity contribution is -0.142. The van der Waals surface area contributed by atoms with E-state index in [1.54, 1.807) is 24.3 Å². The maximum atomic E-state index is 11.4. The molecule has 1 amide bonds. The average Bonchev–Trinajstić information content (AvgIpc) is 2.45. The molecule has 1 aromatic carbocycles. The van der Waals surface area contributed by atoms with E-state index in [4.69, 9.17) is 10.3 Å².